The summed E-state index contributed by atoms with van der Waals surface area (Å²) >= 11 is 0. The summed E-state index contributed by atoms with van der Waals surface area (Å²) in [5, 5.41) is 0. The molecule has 1 unspecified atom stereocenters. The van der Waals surface area contributed by atoms with Crippen LogP contribution in [0.3, 0.4) is 0 Å². The van der Waals surface area contributed by atoms with E-state index in [1.807, 2.05) is 11.8 Å². The first-order valence-corrected chi connectivity index (χ1v) is 7.91. The Morgan fingerprint density at radius 1 is 1.20 bits per heavy atom. The lowest BCUT2D eigenvalue weighted by atomic mass is 9.91. The molecule has 3 rings (SSSR count). The summed E-state index contributed by atoms with van der Waals surface area (Å²) in [6.07, 6.45) is 5.67. The molecule has 114 valence electrons. The van der Waals surface area contributed by atoms with Gasteiger partial charge in [0, 0.05) is 25.9 Å². The van der Waals surface area contributed by atoms with Crippen molar-refractivity contribution in [2.75, 3.05) is 26.3 Å². The van der Waals surface area contributed by atoms with E-state index in [0.29, 0.717) is 13.2 Å². The van der Waals surface area contributed by atoms with Crippen LogP contribution in [0.15, 0.2) is 0 Å². The highest BCUT2D eigenvalue weighted by atomic mass is 16.7. The van der Waals surface area contributed by atoms with E-state index in [9.17, 15) is 4.79 Å². The predicted octanol–water partition coefficient (Wildman–Crippen LogP) is 1.70. The molecule has 20 heavy (non-hydrogen) atoms. The normalized spacial score (nSPS) is 28.1. The van der Waals surface area contributed by atoms with Gasteiger partial charge < -0.3 is 19.1 Å². The van der Waals surface area contributed by atoms with Gasteiger partial charge >= 0.3 is 0 Å². The number of likely N-dealkylation sites (tertiary alicyclic amines) is 1. The minimum Gasteiger partial charge on any atom is -0.365 e. The fourth-order valence-electron chi connectivity index (χ4n) is 3.49. The number of ether oxygens (including phenoxy) is 3. The monoisotopic (exact) mass is 283 g/mol. The molecule has 3 fully saturated rings. The first kappa shape index (κ1) is 14.3. The van der Waals surface area contributed by atoms with Gasteiger partial charge in [-0.2, -0.15) is 0 Å². The highest BCUT2D eigenvalue weighted by Gasteiger charge is 2.41. The molecule has 0 aromatic carbocycles. The highest BCUT2D eigenvalue weighted by molar-refractivity contribution is 5.80. The van der Waals surface area contributed by atoms with Crippen LogP contribution in [0.4, 0.5) is 0 Å². The molecular formula is C15H25NO4. The van der Waals surface area contributed by atoms with Crippen molar-refractivity contribution in [2.45, 2.75) is 63.4 Å². The Morgan fingerprint density at radius 3 is 2.40 bits per heavy atom. The van der Waals surface area contributed by atoms with Crippen LogP contribution in [0, 0.1) is 0 Å². The molecule has 2 heterocycles. The second-order valence-electron chi connectivity index (χ2n) is 6.12. The van der Waals surface area contributed by atoms with Crippen molar-refractivity contribution in [1.82, 2.24) is 4.90 Å². The van der Waals surface area contributed by atoms with E-state index in [1.54, 1.807) is 0 Å². The number of rotatable bonds is 3. The van der Waals surface area contributed by atoms with Crippen LogP contribution in [-0.2, 0) is 19.0 Å². The third kappa shape index (κ3) is 3.00. The minimum absolute atomic E-state index is 0.149. The molecule has 1 amide bonds. The maximum atomic E-state index is 12.2. The molecule has 2 aliphatic heterocycles. The van der Waals surface area contributed by atoms with Gasteiger partial charge in [0.25, 0.3) is 5.91 Å². The largest absolute Gasteiger partial charge is 0.365 e. The molecule has 1 aliphatic carbocycles. The molecule has 0 N–H and O–H groups in total. The van der Waals surface area contributed by atoms with Crippen molar-refractivity contribution in [3.63, 3.8) is 0 Å². The van der Waals surface area contributed by atoms with Crippen LogP contribution in [0.2, 0.25) is 0 Å². The first-order valence-electron chi connectivity index (χ1n) is 7.91. The van der Waals surface area contributed by atoms with E-state index in [2.05, 4.69) is 0 Å². The van der Waals surface area contributed by atoms with Gasteiger partial charge in [0.05, 0.1) is 19.3 Å². The summed E-state index contributed by atoms with van der Waals surface area (Å²) in [5.41, 5.74) is 0. The Balaban J connectivity index is 1.45. The molecule has 1 spiro atoms. The lowest BCUT2D eigenvalue weighted by molar-refractivity contribution is -0.196. The van der Waals surface area contributed by atoms with Crippen LogP contribution in [0.25, 0.3) is 0 Å². The van der Waals surface area contributed by atoms with Crippen molar-refractivity contribution >= 4 is 5.91 Å². The number of hydrogen-bond acceptors (Lipinski definition) is 4. The number of amides is 1. The van der Waals surface area contributed by atoms with Gasteiger partial charge in [-0.1, -0.05) is 0 Å². The van der Waals surface area contributed by atoms with Crippen molar-refractivity contribution in [3.05, 3.63) is 0 Å². The number of nitrogens with zero attached hydrogens (tertiary/aromatic N) is 1. The standard InChI is InChI=1S/C15H25NO4/c1-12(14(17)16-8-2-3-9-16)20-13-4-6-15(7-5-13)18-10-11-19-15/h12-13H,2-11H2,1H3. The van der Waals surface area contributed by atoms with Crippen molar-refractivity contribution in [2.24, 2.45) is 0 Å². The lowest BCUT2D eigenvalue weighted by Crippen LogP contribution is -2.42. The molecule has 0 bridgehead atoms. The van der Waals surface area contributed by atoms with Gasteiger partial charge in [0.15, 0.2) is 5.79 Å². The maximum Gasteiger partial charge on any atom is 0.251 e. The van der Waals surface area contributed by atoms with E-state index < -0.39 is 0 Å². The average Bonchev–Trinajstić information content (AvgIpc) is 3.13. The topological polar surface area (TPSA) is 48.0 Å². The second-order valence-corrected chi connectivity index (χ2v) is 6.12. The molecule has 0 aromatic heterocycles. The smallest absolute Gasteiger partial charge is 0.251 e. The predicted molar refractivity (Wildman–Crippen MR) is 73.3 cm³/mol. The Morgan fingerprint density at radius 2 is 1.80 bits per heavy atom. The molecule has 5 nitrogen and oxygen atoms in total. The van der Waals surface area contributed by atoms with E-state index in [4.69, 9.17) is 14.2 Å². The summed E-state index contributed by atoms with van der Waals surface area (Å²) in [7, 11) is 0. The Hall–Kier alpha value is -0.650. The van der Waals surface area contributed by atoms with Crippen LogP contribution >= 0.6 is 0 Å². The molecular weight excluding hydrogens is 258 g/mol. The zero-order valence-electron chi connectivity index (χ0n) is 12.3. The van der Waals surface area contributed by atoms with E-state index in [0.717, 1.165) is 51.6 Å². The Bertz CT molecular complexity index is 338. The van der Waals surface area contributed by atoms with E-state index in [-0.39, 0.29) is 23.9 Å². The molecule has 0 radical (unpaired) electrons. The summed E-state index contributed by atoms with van der Waals surface area (Å²) < 4.78 is 17.4. The first-order chi connectivity index (χ1) is 9.69. The average molecular weight is 283 g/mol. The zero-order valence-corrected chi connectivity index (χ0v) is 12.3. The summed E-state index contributed by atoms with van der Waals surface area (Å²) in [6, 6.07) is 0. The van der Waals surface area contributed by atoms with Crippen LogP contribution in [0.5, 0.6) is 0 Å². The molecule has 5 heteroatoms. The fourth-order valence-corrected chi connectivity index (χ4v) is 3.49. The lowest BCUT2D eigenvalue weighted by Gasteiger charge is -2.36. The second kappa shape index (κ2) is 6.00. The van der Waals surface area contributed by atoms with Gasteiger partial charge in [-0.3, -0.25) is 4.79 Å². The van der Waals surface area contributed by atoms with Crippen molar-refractivity contribution in [1.29, 1.82) is 0 Å². The molecule has 1 atom stereocenters. The van der Waals surface area contributed by atoms with Gasteiger partial charge in [-0.25, -0.2) is 0 Å². The summed E-state index contributed by atoms with van der Waals surface area (Å²) in [6.45, 7) is 5.07. The Kier molecular flexibility index (Phi) is 4.29. The summed E-state index contributed by atoms with van der Waals surface area (Å²) in [5.74, 6) is -0.196. The van der Waals surface area contributed by atoms with Crippen LogP contribution in [0.1, 0.15) is 45.4 Å². The van der Waals surface area contributed by atoms with Gasteiger partial charge in [0.1, 0.15) is 6.10 Å². The van der Waals surface area contributed by atoms with Gasteiger partial charge in [-0.15, -0.1) is 0 Å². The number of carbonyl (C=O) groups is 1. The number of hydrogen-bond donors (Lipinski definition) is 0. The van der Waals surface area contributed by atoms with Crippen LogP contribution in [-0.4, -0.2) is 55.1 Å². The van der Waals surface area contributed by atoms with Crippen LogP contribution < -0.4 is 0 Å². The third-order valence-corrected chi connectivity index (χ3v) is 4.67. The maximum absolute atomic E-state index is 12.2. The van der Waals surface area contributed by atoms with Crippen molar-refractivity contribution < 1.29 is 19.0 Å². The molecule has 0 aromatic rings. The Labute approximate surface area is 120 Å². The van der Waals surface area contributed by atoms with Crippen molar-refractivity contribution in [3.8, 4) is 0 Å². The fraction of sp³-hybridized carbons (Fsp3) is 0.933. The minimum atomic E-state index is -0.345. The zero-order chi connectivity index (χ0) is 14.0. The molecule has 1 saturated carbocycles. The quantitative estimate of drug-likeness (QED) is 0.791. The number of carbonyl (C=O) groups excluding carboxylic acids is 1. The van der Waals surface area contributed by atoms with Gasteiger partial charge in [0.2, 0.25) is 0 Å². The molecule has 3 aliphatic rings. The SMILES string of the molecule is CC(OC1CCC2(CC1)OCCO2)C(=O)N1CCCC1. The molecule has 2 saturated heterocycles. The van der Waals surface area contributed by atoms with Gasteiger partial charge in [-0.05, 0) is 32.6 Å². The van der Waals surface area contributed by atoms with E-state index >= 15 is 0 Å². The van der Waals surface area contributed by atoms with E-state index in [1.165, 1.54) is 0 Å². The highest BCUT2D eigenvalue weighted by Crippen LogP contribution is 2.37. The third-order valence-electron chi connectivity index (χ3n) is 4.67. The summed E-state index contributed by atoms with van der Waals surface area (Å²) in [4.78, 5) is 14.1.